The Morgan fingerprint density at radius 1 is 1.33 bits per heavy atom. The molecule has 2 nitrogen and oxygen atoms in total. The average molecular weight is 217 g/mol. The van der Waals surface area contributed by atoms with E-state index in [0.717, 1.165) is 15.4 Å². The summed E-state index contributed by atoms with van der Waals surface area (Å²) in [5, 5.41) is 0. The van der Waals surface area contributed by atoms with Gasteiger partial charge in [0.05, 0.1) is 15.4 Å². The summed E-state index contributed by atoms with van der Waals surface area (Å²) in [6, 6.07) is 9.61. The number of nitrogens with zero attached hydrogens (tertiary/aromatic N) is 1. The van der Waals surface area contributed by atoms with Crippen LogP contribution in [0.3, 0.4) is 0 Å². The van der Waals surface area contributed by atoms with Crippen molar-refractivity contribution in [1.82, 2.24) is 4.98 Å². The second-order valence-corrected chi connectivity index (χ2v) is 4.24. The zero-order chi connectivity index (χ0) is 10.7. The Bertz CT molecular complexity index is 461. The maximum atomic E-state index is 11.4. The van der Waals surface area contributed by atoms with Crippen molar-refractivity contribution >= 4 is 17.1 Å². The molecule has 0 fully saturated rings. The highest BCUT2D eigenvalue weighted by molar-refractivity contribution is 7.17. The summed E-state index contributed by atoms with van der Waals surface area (Å²) in [4.78, 5) is 17.6. The molecule has 15 heavy (non-hydrogen) atoms. The number of pyridine rings is 1. The monoisotopic (exact) mass is 217 g/mol. The SMILES string of the molecule is CCC(=O)c1ccc(-c2ccccn2)s1. The standard InChI is InChI=1S/C12H11NOS/c1-2-10(14)12-7-6-11(15-12)9-5-3-4-8-13-9/h3-8H,2H2,1H3. The van der Waals surface area contributed by atoms with Gasteiger partial charge in [-0.15, -0.1) is 11.3 Å². The van der Waals surface area contributed by atoms with Gasteiger partial charge in [0.2, 0.25) is 0 Å². The summed E-state index contributed by atoms with van der Waals surface area (Å²) in [6.45, 7) is 1.88. The van der Waals surface area contributed by atoms with Crippen LogP contribution >= 0.6 is 11.3 Å². The van der Waals surface area contributed by atoms with E-state index in [-0.39, 0.29) is 5.78 Å². The lowest BCUT2D eigenvalue weighted by Gasteiger charge is -1.93. The number of hydrogen-bond acceptors (Lipinski definition) is 3. The Kier molecular flexibility index (Phi) is 2.92. The molecule has 0 radical (unpaired) electrons. The largest absolute Gasteiger partial charge is 0.293 e. The van der Waals surface area contributed by atoms with Gasteiger partial charge in [0.15, 0.2) is 5.78 Å². The third-order valence-corrected chi connectivity index (χ3v) is 3.27. The van der Waals surface area contributed by atoms with E-state index in [4.69, 9.17) is 0 Å². The zero-order valence-corrected chi connectivity index (χ0v) is 9.25. The second kappa shape index (κ2) is 4.36. The number of rotatable bonds is 3. The minimum atomic E-state index is 0.196. The maximum absolute atomic E-state index is 11.4. The van der Waals surface area contributed by atoms with Gasteiger partial charge in [0.1, 0.15) is 0 Å². The Labute approximate surface area is 92.6 Å². The Morgan fingerprint density at radius 2 is 2.20 bits per heavy atom. The van der Waals surface area contributed by atoms with E-state index >= 15 is 0 Å². The third-order valence-electron chi connectivity index (χ3n) is 2.12. The number of ketones is 1. The second-order valence-electron chi connectivity index (χ2n) is 3.16. The summed E-state index contributed by atoms with van der Waals surface area (Å²) in [5.74, 6) is 0.196. The normalized spacial score (nSPS) is 10.2. The molecule has 0 saturated carbocycles. The van der Waals surface area contributed by atoms with E-state index in [0.29, 0.717) is 6.42 Å². The van der Waals surface area contributed by atoms with Crippen molar-refractivity contribution in [3.05, 3.63) is 41.4 Å². The minimum absolute atomic E-state index is 0.196. The van der Waals surface area contributed by atoms with Gasteiger partial charge >= 0.3 is 0 Å². The number of Topliss-reactive ketones (excluding diaryl/α,β-unsaturated/α-hetero) is 1. The van der Waals surface area contributed by atoms with Crippen LogP contribution in [0, 0.1) is 0 Å². The third kappa shape index (κ3) is 2.13. The van der Waals surface area contributed by atoms with Crippen molar-refractivity contribution in [2.24, 2.45) is 0 Å². The van der Waals surface area contributed by atoms with Gasteiger partial charge in [0, 0.05) is 12.6 Å². The van der Waals surface area contributed by atoms with Gasteiger partial charge in [-0.1, -0.05) is 13.0 Å². The fourth-order valence-electron chi connectivity index (χ4n) is 1.31. The van der Waals surface area contributed by atoms with E-state index in [9.17, 15) is 4.79 Å². The molecule has 76 valence electrons. The zero-order valence-electron chi connectivity index (χ0n) is 8.43. The fraction of sp³-hybridized carbons (Fsp3) is 0.167. The van der Waals surface area contributed by atoms with Gasteiger partial charge in [-0.25, -0.2) is 0 Å². The molecular formula is C12H11NOS. The highest BCUT2D eigenvalue weighted by atomic mass is 32.1. The molecule has 2 aromatic rings. The van der Waals surface area contributed by atoms with Crippen molar-refractivity contribution in [2.75, 3.05) is 0 Å². The van der Waals surface area contributed by atoms with Crippen LogP contribution in [-0.4, -0.2) is 10.8 Å². The van der Waals surface area contributed by atoms with Crippen LogP contribution < -0.4 is 0 Å². The highest BCUT2D eigenvalue weighted by Gasteiger charge is 2.08. The van der Waals surface area contributed by atoms with Crippen molar-refractivity contribution in [3.8, 4) is 10.6 Å². The lowest BCUT2D eigenvalue weighted by Crippen LogP contribution is -1.90. The highest BCUT2D eigenvalue weighted by Crippen LogP contribution is 2.26. The maximum Gasteiger partial charge on any atom is 0.172 e. The topological polar surface area (TPSA) is 30.0 Å². The van der Waals surface area contributed by atoms with E-state index in [2.05, 4.69) is 4.98 Å². The van der Waals surface area contributed by atoms with Crippen LogP contribution in [0.15, 0.2) is 36.5 Å². The lowest BCUT2D eigenvalue weighted by atomic mass is 10.2. The van der Waals surface area contributed by atoms with E-state index in [1.54, 1.807) is 6.20 Å². The Balaban J connectivity index is 2.32. The molecule has 0 atom stereocenters. The van der Waals surface area contributed by atoms with Crippen molar-refractivity contribution in [2.45, 2.75) is 13.3 Å². The Hall–Kier alpha value is -1.48. The van der Waals surface area contributed by atoms with Gasteiger partial charge < -0.3 is 0 Å². The Morgan fingerprint density at radius 3 is 2.87 bits per heavy atom. The van der Waals surface area contributed by atoms with E-state index < -0.39 is 0 Å². The quantitative estimate of drug-likeness (QED) is 0.737. The molecule has 3 heteroatoms. The first-order valence-electron chi connectivity index (χ1n) is 4.85. The number of hydrogen-bond donors (Lipinski definition) is 0. The molecule has 0 bridgehead atoms. The van der Waals surface area contributed by atoms with E-state index in [1.807, 2.05) is 37.3 Å². The molecule has 0 aromatic carbocycles. The summed E-state index contributed by atoms with van der Waals surface area (Å²) >= 11 is 1.51. The van der Waals surface area contributed by atoms with Crippen LogP contribution in [0.5, 0.6) is 0 Å². The number of carbonyl (C=O) groups is 1. The van der Waals surface area contributed by atoms with Crippen LogP contribution in [0.4, 0.5) is 0 Å². The molecular weight excluding hydrogens is 206 g/mol. The van der Waals surface area contributed by atoms with Crippen LogP contribution in [0.25, 0.3) is 10.6 Å². The molecule has 0 aliphatic heterocycles. The van der Waals surface area contributed by atoms with Crippen molar-refractivity contribution < 1.29 is 4.79 Å². The fourth-order valence-corrected chi connectivity index (χ4v) is 2.30. The molecule has 2 aromatic heterocycles. The van der Waals surface area contributed by atoms with Crippen molar-refractivity contribution in [1.29, 1.82) is 0 Å². The molecule has 0 N–H and O–H groups in total. The average Bonchev–Trinajstić information content (AvgIpc) is 2.78. The molecule has 0 spiro atoms. The van der Waals surface area contributed by atoms with Crippen LogP contribution in [0.2, 0.25) is 0 Å². The molecule has 2 rings (SSSR count). The molecule has 0 amide bonds. The molecule has 0 saturated heterocycles. The van der Waals surface area contributed by atoms with Gasteiger partial charge in [-0.05, 0) is 24.3 Å². The summed E-state index contributed by atoms with van der Waals surface area (Å²) in [7, 11) is 0. The summed E-state index contributed by atoms with van der Waals surface area (Å²) in [5.41, 5.74) is 0.928. The summed E-state index contributed by atoms with van der Waals surface area (Å²) in [6.07, 6.45) is 2.32. The number of aromatic nitrogens is 1. The van der Waals surface area contributed by atoms with Gasteiger partial charge in [-0.2, -0.15) is 0 Å². The molecule has 0 aliphatic carbocycles. The predicted octanol–water partition coefficient (Wildman–Crippen LogP) is 3.40. The van der Waals surface area contributed by atoms with Gasteiger partial charge in [-0.3, -0.25) is 9.78 Å². The first-order valence-corrected chi connectivity index (χ1v) is 5.67. The smallest absolute Gasteiger partial charge is 0.172 e. The van der Waals surface area contributed by atoms with Crippen LogP contribution in [0.1, 0.15) is 23.0 Å². The van der Waals surface area contributed by atoms with Crippen LogP contribution in [-0.2, 0) is 0 Å². The van der Waals surface area contributed by atoms with E-state index in [1.165, 1.54) is 11.3 Å². The predicted molar refractivity (Wildman–Crippen MR) is 62.2 cm³/mol. The molecule has 0 aliphatic rings. The lowest BCUT2D eigenvalue weighted by molar-refractivity contribution is 0.0992. The van der Waals surface area contributed by atoms with Crippen molar-refractivity contribution in [3.63, 3.8) is 0 Å². The minimum Gasteiger partial charge on any atom is -0.293 e. The summed E-state index contributed by atoms with van der Waals surface area (Å²) < 4.78 is 0. The number of carbonyl (C=O) groups excluding carboxylic acids is 1. The number of thiophene rings is 1. The molecule has 2 heterocycles. The van der Waals surface area contributed by atoms with Gasteiger partial charge in [0.25, 0.3) is 0 Å². The first kappa shape index (κ1) is 10.1. The molecule has 0 unspecified atom stereocenters. The first-order chi connectivity index (χ1) is 7.31.